The zero-order valence-corrected chi connectivity index (χ0v) is 15.7. The van der Waals surface area contributed by atoms with Crippen molar-refractivity contribution >= 4 is 23.2 Å². The molecule has 0 aliphatic carbocycles. The van der Waals surface area contributed by atoms with Gasteiger partial charge in [0.2, 0.25) is 0 Å². The van der Waals surface area contributed by atoms with Crippen molar-refractivity contribution < 1.29 is 19.2 Å². The molecule has 1 aliphatic heterocycles. The van der Waals surface area contributed by atoms with Crippen LogP contribution in [0.2, 0.25) is 5.02 Å². The quantitative estimate of drug-likeness (QED) is 0.611. The van der Waals surface area contributed by atoms with Crippen molar-refractivity contribution in [2.45, 2.75) is 19.9 Å². The van der Waals surface area contributed by atoms with E-state index >= 15 is 0 Å². The molecule has 2 aromatic rings. The first-order valence-corrected chi connectivity index (χ1v) is 8.89. The molecule has 3 rings (SSSR count). The summed E-state index contributed by atoms with van der Waals surface area (Å²) < 4.78 is 11.1. The molecule has 8 heteroatoms. The van der Waals surface area contributed by atoms with Crippen LogP contribution in [0.5, 0.6) is 11.5 Å². The van der Waals surface area contributed by atoms with Crippen molar-refractivity contribution in [3.8, 4) is 11.5 Å². The Kier molecular flexibility index (Phi) is 5.51. The Balaban J connectivity index is 1.89. The fourth-order valence-electron chi connectivity index (χ4n) is 2.96. The second-order valence-electron chi connectivity index (χ2n) is 6.52. The Hall–Kier alpha value is -2.80. The van der Waals surface area contributed by atoms with Gasteiger partial charge in [0.05, 0.1) is 11.0 Å². The van der Waals surface area contributed by atoms with Crippen LogP contribution < -0.4 is 14.8 Å². The molecule has 0 aromatic heterocycles. The number of carbonyl (C=O) groups excluding carboxylic acids is 1. The lowest BCUT2D eigenvalue weighted by Crippen LogP contribution is -2.32. The third-order valence-corrected chi connectivity index (χ3v) is 4.51. The van der Waals surface area contributed by atoms with Crippen LogP contribution in [0, 0.1) is 16.0 Å². The van der Waals surface area contributed by atoms with Gasteiger partial charge in [0, 0.05) is 11.1 Å². The summed E-state index contributed by atoms with van der Waals surface area (Å²) in [7, 11) is 0. The van der Waals surface area contributed by atoms with Crippen LogP contribution in [0.1, 0.15) is 35.8 Å². The standard InChI is InChI=1S/C19H19ClN2O5/c1-11(2)18(12-3-6-16-17(9-12)27-8-7-26-16)21-19(23)14-5-4-13(20)10-15(14)22(24)25/h3-6,9-11,18H,7-8H2,1-2H3,(H,21,23). The van der Waals surface area contributed by atoms with Gasteiger partial charge in [-0.15, -0.1) is 0 Å². The van der Waals surface area contributed by atoms with Crippen LogP contribution in [0.25, 0.3) is 0 Å². The monoisotopic (exact) mass is 390 g/mol. The van der Waals surface area contributed by atoms with Crippen LogP contribution >= 0.6 is 11.6 Å². The van der Waals surface area contributed by atoms with E-state index in [0.29, 0.717) is 24.7 Å². The van der Waals surface area contributed by atoms with E-state index in [1.807, 2.05) is 26.0 Å². The molecule has 1 atom stereocenters. The van der Waals surface area contributed by atoms with E-state index in [9.17, 15) is 14.9 Å². The van der Waals surface area contributed by atoms with Crippen molar-refractivity contribution in [3.05, 3.63) is 62.7 Å². The molecule has 1 unspecified atom stereocenters. The Morgan fingerprint density at radius 3 is 2.52 bits per heavy atom. The summed E-state index contributed by atoms with van der Waals surface area (Å²) in [5.41, 5.74) is 0.469. The van der Waals surface area contributed by atoms with Crippen LogP contribution in [0.15, 0.2) is 36.4 Å². The third-order valence-electron chi connectivity index (χ3n) is 4.28. The number of hydrogen-bond acceptors (Lipinski definition) is 5. The number of nitro groups is 1. The van der Waals surface area contributed by atoms with E-state index in [-0.39, 0.29) is 28.2 Å². The zero-order valence-electron chi connectivity index (χ0n) is 14.9. The highest BCUT2D eigenvalue weighted by molar-refractivity contribution is 6.31. The van der Waals surface area contributed by atoms with E-state index in [1.54, 1.807) is 6.07 Å². The molecule has 1 heterocycles. The second kappa shape index (κ2) is 7.84. The van der Waals surface area contributed by atoms with Crippen molar-refractivity contribution in [3.63, 3.8) is 0 Å². The highest BCUT2D eigenvalue weighted by Crippen LogP contribution is 2.34. The molecule has 2 aromatic carbocycles. The maximum Gasteiger partial charge on any atom is 0.283 e. The number of benzene rings is 2. The lowest BCUT2D eigenvalue weighted by molar-refractivity contribution is -0.385. The van der Waals surface area contributed by atoms with Gasteiger partial charge in [-0.2, -0.15) is 0 Å². The lowest BCUT2D eigenvalue weighted by atomic mass is 9.95. The molecule has 0 saturated heterocycles. The highest BCUT2D eigenvalue weighted by Gasteiger charge is 2.26. The maximum atomic E-state index is 12.7. The van der Waals surface area contributed by atoms with Crippen LogP contribution in [-0.2, 0) is 0 Å². The van der Waals surface area contributed by atoms with Gasteiger partial charge in [0.25, 0.3) is 11.6 Å². The van der Waals surface area contributed by atoms with Crippen LogP contribution in [-0.4, -0.2) is 24.0 Å². The van der Waals surface area contributed by atoms with Gasteiger partial charge in [-0.05, 0) is 35.7 Å². The Labute approximate surface area is 161 Å². The predicted molar refractivity (Wildman–Crippen MR) is 101 cm³/mol. The molecule has 142 valence electrons. The summed E-state index contributed by atoms with van der Waals surface area (Å²) in [6, 6.07) is 9.11. The lowest BCUT2D eigenvalue weighted by Gasteiger charge is -2.25. The molecule has 0 spiro atoms. The summed E-state index contributed by atoms with van der Waals surface area (Å²) in [6.45, 7) is 4.87. The molecule has 0 fully saturated rings. The topological polar surface area (TPSA) is 90.7 Å². The maximum absolute atomic E-state index is 12.7. The number of carbonyl (C=O) groups is 1. The van der Waals surface area contributed by atoms with E-state index in [2.05, 4.69) is 5.32 Å². The first kappa shape index (κ1) is 19.0. The minimum Gasteiger partial charge on any atom is -0.486 e. The van der Waals surface area contributed by atoms with E-state index < -0.39 is 10.8 Å². The predicted octanol–water partition coefficient (Wildman–Crippen LogP) is 4.15. The largest absolute Gasteiger partial charge is 0.486 e. The number of nitro benzene ring substituents is 1. The average Bonchev–Trinajstić information content (AvgIpc) is 2.65. The number of rotatable bonds is 5. The normalized spacial score (nSPS) is 13.9. The summed E-state index contributed by atoms with van der Waals surface area (Å²) >= 11 is 5.82. The summed E-state index contributed by atoms with van der Waals surface area (Å²) in [5.74, 6) is 0.790. The van der Waals surface area contributed by atoms with E-state index in [4.69, 9.17) is 21.1 Å². The number of ether oxygens (including phenoxy) is 2. The Morgan fingerprint density at radius 2 is 1.85 bits per heavy atom. The number of nitrogens with one attached hydrogen (secondary N) is 1. The first-order chi connectivity index (χ1) is 12.9. The molecule has 1 N–H and O–H groups in total. The van der Waals surface area contributed by atoms with E-state index in [1.165, 1.54) is 18.2 Å². The SMILES string of the molecule is CC(C)C(NC(=O)c1ccc(Cl)cc1[N+](=O)[O-])c1ccc2c(c1)OCCO2. The van der Waals surface area contributed by atoms with Crippen molar-refractivity contribution in [2.75, 3.05) is 13.2 Å². The Bertz CT molecular complexity index is 884. The molecule has 0 radical (unpaired) electrons. The van der Waals surface area contributed by atoms with Crippen LogP contribution in [0.4, 0.5) is 5.69 Å². The summed E-state index contributed by atoms with van der Waals surface area (Å²) in [4.78, 5) is 23.4. The van der Waals surface area contributed by atoms with Gasteiger partial charge in [-0.1, -0.05) is 31.5 Å². The summed E-state index contributed by atoms with van der Waals surface area (Å²) in [6.07, 6.45) is 0. The van der Waals surface area contributed by atoms with Crippen molar-refractivity contribution in [1.82, 2.24) is 5.32 Å². The van der Waals surface area contributed by atoms with E-state index in [0.717, 1.165) is 5.56 Å². The Morgan fingerprint density at radius 1 is 1.15 bits per heavy atom. The minimum absolute atomic E-state index is 0.0346. The van der Waals surface area contributed by atoms with Crippen molar-refractivity contribution in [2.24, 2.45) is 5.92 Å². The first-order valence-electron chi connectivity index (χ1n) is 8.51. The molecule has 27 heavy (non-hydrogen) atoms. The van der Waals surface area contributed by atoms with Gasteiger partial charge in [0.1, 0.15) is 18.8 Å². The summed E-state index contributed by atoms with van der Waals surface area (Å²) in [5, 5.41) is 14.4. The highest BCUT2D eigenvalue weighted by atomic mass is 35.5. The van der Waals surface area contributed by atoms with Gasteiger partial charge in [-0.25, -0.2) is 0 Å². The van der Waals surface area contributed by atoms with Gasteiger partial charge >= 0.3 is 0 Å². The van der Waals surface area contributed by atoms with Gasteiger partial charge in [-0.3, -0.25) is 14.9 Å². The second-order valence-corrected chi connectivity index (χ2v) is 6.95. The number of amides is 1. The molecule has 0 bridgehead atoms. The molecule has 1 amide bonds. The van der Waals surface area contributed by atoms with Gasteiger partial charge < -0.3 is 14.8 Å². The number of nitrogens with zero attached hydrogens (tertiary/aromatic N) is 1. The zero-order chi connectivity index (χ0) is 19.6. The van der Waals surface area contributed by atoms with Crippen LogP contribution in [0.3, 0.4) is 0 Å². The molecule has 0 saturated carbocycles. The van der Waals surface area contributed by atoms with Crippen molar-refractivity contribution in [1.29, 1.82) is 0 Å². The number of hydrogen-bond donors (Lipinski definition) is 1. The molecule has 1 aliphatic rings. The average molecular weight is 391 g/mol. The third kappa shape index (κ3) is 4.14. The number of halogens is 1. The fraction of sp³-hybridized carbons (Fsp3) is 0.316. The fourth-order valence-corrected chi connectivity index (χ4v) is 3.12. The molecular weight excluding hydrogens is 372 g/mol. The molecule has 7 nitrogen and oxygen atoms in total. The number of fused-ring (bicyclic) bond motifs is 1. The van der Waals surface area contributed by atoms with Gasteiger partial charge in [0.15, 0.2) is 11.5 Å². The minimum atomic E-state index is -0.616. The molecular formula is C19H19ClN2O5. The smallest absolute Gasteiger partial charge is 0.283 e.